The van der Waals surface area contributed by atoms with E-state index in [4.69, 9.17) is 23.5 Å². The van der Waals surface area contributed by atoms with E-state index in [1.165, 1.54) is 0 Å². The molecule has 1 N–H and O–H groups in total. The normalized spacial score (nSPS) is 14.8. The fraction of sp³-hybridized carbons (Fsp3) is 0.273. The molecule has 4 aromatic heterocycles. The first-order chi connectivity index (χ1) is 16.8. The number of anilines is 2. The Balaban J connectivity index is 1.31. The topological polar surface area (TPSA) is 105 Å². The molecule has 35 heavy (non-hydrogen) atoms. The van der Waals surface area contributed by atoms with Crippen LogP contribution in [0.5, 0.6) is 0 Å². The number of carbonyl (C=O) groups excluding carboxylic acids is 1. The van der Waals surface area contributed by atoms with E-state index in [0.29, 0.717) is 54.8 Å². The third kappa shape index (κ3) is 5.04. The lowest BCUT2D eigenvalue weighted by molar-refractivity contribution is 0.102. The third-order valence-corrected chi connectivity index (χ3v) is 5.87. The molecule has 0 bridgehead atoms. The number of aryl methyl sites for hydroxylation is 1. The summed E-state index contributed by atoms with van der Waals surface area (Å²) in [5, 5.41) is 11.3. The van der Waals surface area contributed by atoms with Crippen LogP contribution in [0.4, 0.5) is 11.6 Å². The summed E-state index contributed by atoms with van der Waals surface area (Å²) in [6.45, 7) is 2.46. The minimum Gasteiger partial charge on any atom is -0.354 e. The highest BCUT2D eigenvalue weighted by Crippen LogP contribution is 2.22. The monoisotopic (exact) mass is 459 g/mol. The van der Waals surface area contributed by atoms with Crippen molar-refractivity contribution in [3.05, 3.63) is 54.6 Å². The van der Waals surface area contributed by atoms with Gasteiger partial charge >= 0.3 is 0 Å². The summed E-state index contributed by atoms with van der Waals surface area (Å²) in [5.41, 5.74) is 1.82. The summed E-state index contributed by atoms with van der Waals surface area (Å²) in [4.78, 5) is 30.0. The molecule has 1 aliphatic rings. The van der Waals surface area contributed by atoms with Crippen molar-refractivity contribution in [2.75, 3.05) is 36.4 Å². The van der Waals surface area contributed by atoms with Gasteiger partial charge in [-0.3, -0.25) is 14.5 Å². The third-order valence-electron chi connectivity index (χ3n) is 5.87. The fourth-order valence-electron chi connectivity index (χ4n) is 3.96. The Morgan fingerprint density at radius 3 is 2.46 bits per heavy atom. The Hall–Kier alpha value is -3.73. The number of piperazine rings is 1. The summed E-state index contributed by atoms with van der Waals surface area (Å²) in [6.07, 6.45) is 6.79. The highest BCUT2D eigenvalue weighted by Gasteiger charge is 2.25. The molecule has 6 radical (unpaired) electrons. The first-order valence-corrected chi connectivity index (χ1v) is 11.0. The van der Waals surface area contributed by atoms with Gasteiger partial charge in [0.15, 0.2) is 0 Å². The molecule has 168 valence electrons. The van der Waals surface area contributed by atoms with Gasteiger partial charge in [-0.15, -0.1) is 5.10 Å². The molecule has 0 saturated carbocycles. The molecular weight excluding hydrogens is 439 g/mol. The zero-order valence-corrected chi connectivity index (χ0v) is 19.2. The first kappa shape index (κ1) is 23.0. The highest BCUT2D eigenvalue weighted by atomic mass is 16.1. The smallest absolute Gasteiger partial charge is 0.257 e. The Bertz CT molecular complexity index is 1380. The standard InChI is InChI=1S/C22H20B3N9O/c1-32-13-18(30-31-32)17-8-15-9-19(28-12-16(15)11-27-17)29-21(35)14-2-3-26-20(10-14)33-4-6-34(7-5-33)22(23,24)25/h2-3,8-13H,4-7H2,1H3,(H,28,29,35). The molecule has 1 saturated heterocycles. The number of hydrogen-bond donors (Lipinski definition) is 1. The van der Waals surface area contributed by atoms with Crippen LogP contribution in [0.1, 0.15) is 10.4 Å². The van der Waals surface area contributed by atoms with E-state index in [1.54, 1.807) is 59.6 Å². The van der Waals surface area contributed by atoms with Gasteiger partial charge in [-0.2, -0.15) is 0 Å². The average molecular weight is 459 g/mol. The van der Waals surface area contributed by atoms with Gasteiger partial charge < -0.3 is 15.1 Å². The Morgan fingerprint density at radius 2 is 1.74 bits per heavy atom. The second-order valence-corrected chi connectivity index (χ2v) is 8.48. The van der Waals surface area contributed by atoms with E-state index in [0.717, 1.165) is 10.8 Å². The molecule has 1 amide bonds. The quantitative estimate of drug-likeness (QED) is 0.426. The number of hydrogen-bond acceptors (Lipinski definition) is 8. The van der Waals surface area contributed by atoms with Gasteiger partial charge in [0.1, 0.15) is 17.3 Å². The highest BCUT2D eigenvalue weighted by molar-refractivity contribution is 6.59. The molecule has 0 aliphatic carbocycles. The summed E-state index contributed by atoms with van der Waals surface area (Å²) in [6, 6.07) is 7.11. The molecule has 0 spiro atoms. The molecule has 1 fully saturated rings. The van der Waals surface area contributed by atoms with Gasteiger partial charge in [0.25, 0.3) is 5.91 Å². The van der Waals surface area contributed by atoms with Gasteiger partial charge in [-0.05, 0) is 29.7 Å². The maximum Gasteiger partial charge on any atom is 0.257 e. The largest absolute Gasteiger partial charge is 0.354 e. The van der Waals surface area contributed by atoms with Crippen LogP contribution in [0.25, 0.3) is 22.2 Å². The maximum atomic E-state index is 13.0. The second-order valence-electron chi connectivity index (χ2n) is 8.48. The van der Waals surface area contributed by atoms with Crippen molar-refractivity contribution in [2.45, 2.75) is 5.24 Å². The van der Waals surface area contributed by atoms with Crippen LogP contribution >= 0.6 is 0 Å². The number of carbonyl (C=O) groups is 1. The SMILES string of the molecule is [B]C([B])([B])N1CCN(c2cc(C(=O)Nc3cc4cc(-c5cn(C)nn5)ncc4cn3)ccn2)CC1. The number of pyridine rings is 3. The summed E-state index contributed by atoms with van der Waals surface area (Å²) in [5.74, 6) is 0.836. The van der Waals surface area contributed by atoms with E-state index in [2.05, 4.69) is 35.5 Å². The second kappa shape index (κ2) is 9.14. The predicted octanol–water partition coefficient (Wildman–Crippen LogP) is 0.311. The van der Waals surface area contributed by atoms with Crippen LogP contribution in [-0.2, 0) is 7.05 Å². The summed E-state index contributed by atoms with van der Waals surface area (Å²) < 4.78 is 1.62. The van der Waals surface area contributed by atoms with Crippen molar-refractivity contribution < 1.29 is 4.79 Å². The van der Waals surface area contributed by atoms with Gasteiger partial charge in [-0.25, -0.2) is 9.97 Å². The van der Waals surface area contributed by atoms with Crippen LogP contribution in [0.15, 0.2) is 49.1 Å². The molecule has 5 rings (SSSR count). The number of rotatable bonds is 5. The lowest BCUT2D eigenvalue weighted by atomic mass is 9.48. The van der Waals surface area contributed by atoms with Crippen LogP contribution in [-0.4, -0.2) is 95.7 Å². The maximum absolute atomic E-state index is 13.0. The van der Waals surface area contributed by atoms with Crippen molar-refractivity contribution in [3.63, 3.8) is 0 Å². The first-order valence-electron chi connectivity index (χ1n) is 11.0. The van der Waals surface area contributed by atoms with E-state index in [9.17, 15) is 4.79 Å². The molecule has 13 heteroatoms. The molecular formula is C22H20B3N9O. The van der Waals surface area contributed by atoms with Gasteiger partial charge in [0.05, 0.1) is 35.4 Å². The van der Waals surface area contributed by atoms with Gasteiger partial charge in [-0.1, -0.05) is 10.5 Å². The lowest BCUT2D eigenvalue weighted by Gasteiger charge is -2.43. The molecule has 10 nitrogen and oxygen atoms in total. The number of nitrogens with one attached hydrogen (secondary N) is 1. The van der Waals surface area contributed by atoms with Crippen LogP contribution in [0, 0.1) is 0 Å². The van der Waals surface area contributed by atoms with Crippen LogP contribution in [0.3, 0.4) is 0 Å². The lowest BCUT2D eigenvalue weighted by Crippen LogP contribution is -2.58. The summed E-state index contributed by atoms with van der Waals surface area (Å²) in [7, 11) is 19.1. The Morgan fingerprint density at radius 1 is 0.971 bits per heavy atom. The van der Waals surface area contributed by atoms with E-state index in [1.807, 2.05) is 6.07 Å². The number of amides is 1. The van der Waals surface area contributed by atoms with Crippen molar-refractivity contribution >= 4 is 51.9 Å². The van der Waals surface area contributed by atoms with Crippen LogP contribution in [0.2, 0.25) is 0 Å². The molecule has 1 aliphatic heterocycles. The molecule has 0 atom stereocenters. The Labute approximate surface area is 206 Å². The molecule has 4 aromatic rings. The van der Waals surface area contributed by atoms with Crippen molar-refractivity contribution in [2.24, 2.45) is 7.05 Å². The van der Waals surface area contributed by atoms with Crippen molar-refractivity contribution in [1.82, 2.24) is 34.8 Å². The Kier molecular flexibility index (Phi) is 6.02. The average Bonchev–Trinajstić information content (AvgIpc) is 3.29. The summed E-state index contributed by atoms with van der Waals surface area (Å²) >= 11 is 0. The van der Waals surface area contributed by atoms with Gasteiger partial charge in [0, 0.05) is 62.8 Å². The predicted molar refractivity (Wildman–Crippen MR) is 136 cm³/mol. The van der Waals surface area contributed by atoms with Gasteiger partial charge in [0.2, 0.25) is 0 Å². The zero-order chi connectivity index (χ0) is 24.6. The van der Waals surface area contributed by atoms with E-state index >= 15 is 0 Å². The van der Waals surface area contributed by atoms with E-state index < -0.39 is 5.24 Å². The molecule has 0 unspecified atom stereocenters. The zero-order valence-electron chi connectivity index (χ0n) is 19.2. The minimum absolute atomic E-state index is 0.285. The van der Waals surface area contributed by atoms with E-state index in [-0.39, 0.29) is 5.91 Å². The number of aromatic nitrogens is 6. The number of fused-ring (bicyclic) bond motifs is 1. The minimum atomic E-state index is -1.35. The molecule has 5 heterocycles. The van der Waals surface area contributed by atoms with Crippen molar-refractivity contribution in [1.29, 1.82) is 0 Å². The molecule has 0 aromatic carbocycles. The van der Waals surface area contributed by atoms with Crippen molar-refractivity contribution in [3.8, 4) is 11.4 Å². The van der Waals surface area contributed by atoms with Crippen LogP contribution < -0.4 is 10.2 Å². The number of nitrogens with zero attached hydrogens (tertiary/aromatic N) is 8. The fourth-order valence-corrected chi connectivity index (χ4v) is 3.96.